The highest BCUT2D eigenvalue weighted by molar-refractivity contribution is 7.09. The van der Waals surface area contributed by atoms with E-state index in [0.29, 0.717) is 5.92 Å². The lowest BCUT2D eigenvalue weighted by Crippen LogP contribution is -2.18. The van der Waals surface area contributed by atoms with E-state index in [1.807, 2.05) is 18.3 Å². The van der Waals surface area contributed by atoms with E-state index in [2.05, 4.69) is 34.5 Å². The van der Waals surface area contributed by atoms with Gasteiger partial charge < -0.3 is 5.32 Å². The van der Waals surface area contributed by atoms with Crippen molar-refractivity contribution in [2.75, 3.05) is 6.54 Å². The van der Waals surface area contributed by atoms with Gasteiger partial charge in [0.2, 0.25) is 0 Å². The topological polar surface area (TPSA) is 37.8 Å². The lowest BCUT2D eigenvalue weighted by atomic mass is 10.2. The SMILES string of the molecule is CC(C)CNCc1nc(-c2cccnc2)cs1. The molecule has 0 bridgehead atoms. The van der Waals surface area contributed by atoms with Crippen LogP contribution < -0.4 is 5.32 Å². The van der Waals surface area contributed by atoms with Crippen molar-refractivity contribution in [3.8, 4) is 11.3 Å². The van der Waals surface area contributed by atoms with Gasteiger partial charge in [-0.15, -0.1) is 11.3 Å². The van der Waals surface area contributed by atoms with Crippen LogP contribution in [0, 0.1) is 5.92 Å². The second-order valence-corrected chi connectivity index (χ2v) is 5.34. The third kappa shape index (κ3) is 3.61. The average molecular weight is 247 g/mol. The van der Waals surface area contributed by atoms with Gasteiger partial charge in [-0.25, -0.2) is 4.98 Å². The Kier molecular flexibility index (Phi) is 4.23. The van der Waals surface area contributed by atoms with Crippen LogP contribution in [0.15, 0.2) is 29.9 Å². The smallest absolute Gasteiger partial charge is 0.107 e. The molecule has 0 fully saturated rings. The quantitative estimate of drug-likeness (QED) is 0.882. The van der Waals surface area contributed by atoms with Crippen LogP contribution in [-0.2, 0) is 6.54 Å². The summed E-state index contributed by atoms with van der Waals surface area (Å²) in [5.41, 5.74) is 2.10. The lowest BCUT2D eigenvalue weighted by molar-refractivity contribution is 0.551. The third-order valence-corrected chi connectivity index (χ3v) is 3.19. The van der Waals surface area contributed by atoms with Crippen molar-refractivity contribution >= 4 is 11.3 Å². The number of aromatic nitrogens is 2. The number of hydrogen-bond donors (Lipinski definition) is 1. The van der Waals surface area contributed by atoms with Gasteiger partial charge in [0.05, 0.1) is 5.69 Å². The van der Waals surface area contributed by atoms with E-state index in [4.69, 9.17) is 0 Å². The van der Waals surface area contributed by atoms with Crippen LogP contribution in [-0.4, -0.2) is 16.5 Å². The molecule has 0 aliphatic carbocycles. The minimum Gasteiger partial charge on any atom is -0.310 e. The summed E-state index contributed by atoms with van der Waals surface area (Å²) < 4.78 is 0. The lowest BCUT2D eigenvalue weighted by Gasteiger charge is -2.04. The zero-order valence-corrected chi connectivity index (χ0v) is 11.0. The number of nitrogens with one attached hydrogen (secondary N) is 1. The monoisotopic (exact) mass is 247 g/mol. The molecule has 0 saturated heterocycles. The van der Waals surface area contributed by atoms with Crippen molar-refractivity contribution in [2.45, 2.75) is 20.4 Å². The van der Waals surface area contributed by atoms with Gasteiger partial charge in [-0.3, -0.25) is 4.98 Å². The first kappa shape index (κ1) is 12.2. The van der Waals surface area contributed by atoms with Crippen molar-refractivity contribution in [1.82, 2.24) is 15.3 Å². The summed E-state index contributed by atoms with van der Waals surface area (Å²) >= 11 is 1.69. The molecule has 90 valence electrons. The van der Waals surface area contributed by atoms with Crippen LogP contribution in [0.1, 0.15) is 18.9 Å². The van der Waals surface area contributed by atoms with Crippen molar-refractivity contribution in [1.29, 1.82) is 0 Å². The van der Waals surface area contributed by atoms with Crippen molar-refractivity contribution < 1.29 is 0 Å². The van der Waals surface area contributed by atoms with Gasteiger partial charge in [0.25, 0.3) is 0 Å². The molecular weight excluding hydrogens is 230 g/mol. The normalized spacial score (nSPS) is 11.0. The van der Waals surface area contributed by atoms with E-state index in [-0.39, 0.29) is 0 Å². The molecule has 0 aliphatic rings. The molecule has 0 saturated carbocycles. The van der Waals surface area contributed by atoms with E-state index in [0.717, 1.165) is 29.4 Å². The predicted octanol–water partition coefficient (Wildman–Crippen LogP) is 2.95. The largest absolute Gasteiger partial charge is 0.310 e. The van der Waals surface area contributed by atoms with Crippen LogP contribution in [0.3, 0.4) is 0 Å². The molecule has 0 aromatic carbocycles. The van der Waals surface area contributed by atoms with Crippen LogP contribution in [0.2, 0.25) is 0 Å². The van der Waals surface area contributed by atoms with Gasteiger partial charge >= 0.3 is 0 Å². The first-order chi connectivity index (χ1) is 8.25. The van der Waals surface area contributed by atoms with Crippen LogP contribution in [0.4, 0.5) is 0 Å². The first-order valence-electron chi connectivity index (χ1n) is 5.81. The van der Waals surface area contributed by atoms with Crippen molar-refractivity contribution in [3.05, 3.63) is 34.9 Å². The molecule has 2 aromatic heterocycles. The van der Waals surface area contributed by atoms with Crippen LogP contribution in [0.25, 0.3) is 11.3 Å². The van der Waals surface area contributed by atoms with E-state index in [1.165, 1.54) is 0 Å². The van der Waals surface area contributed by atoms with Crippen LogP contribution in [0.5, 0.6) is 0 Å². The molecule has 0 unspecified atom stereocenters. The second kappa shape index (κ2) is 5.89. The summed E-state index contributed by atoms with van der Waals surface area (Å²) in [5, 5.41) is 6.61. The van der Waals surface area contributed by atoms with E-state index < -0.39 is 0 Å². The fourth-order valence-corrected chi connectivity index (χ4v) is 2.28. The Morgan fingerprint density at radius 3 is 3.00 bits per heavy atom. The number of hydrogen-bond acceptors (Lipinski definition) is 4. The average Bonchev–Trinajstić information content (AvgIpc) is 2.78. The number of thiazole rings is 1. The Hall–Kier alpha value is -1.26. The molecular formula is C13H17N3S. The minimum absolute atomic E-state index is 0.674. The second-order valence-electron chi connectivity index (χ2n) is 4.39. The molecule has 0 radical (unpaired) electrons. The van der Waals surface area contributed by atoms with Gasteiger partial charge in [0.1, 0.15) is 5.01 Å². The Morgan fingerprint density at radius 2 is 2.29 bits per heavy atom. The summed E-state index contributed by atoms with van der Waals surface area (Å²) in [6.07, 6.45) is 3.63. The highest BCUT2D eigenvalue weighted by Gasteiger charge is 2.04. The molecule has 2 rings (SSSR count). The molecule has 2 heterocycles. The molecule has 0 aliphatic heterocycles. The molecule has 0 spiro atoms. The summed E-state index contributed by atoms with van der Waals surface area (Å²) in [5.74, 6) is 0.674. The van der Waals surface area contributed by atoms with Gasteiger partial charge in [-0.05, 0) is 24.6 Å². The molecule has 1 N–H and O–H groups in total. The fourth-order valence-electron chi connectivity index (χ4n) is 1.51. The number of rotatable bonds is 5. The van der Waals surface area contributed by atoms with Gasteiger partial charge in [0, 0.05) is 29.9 Å². The number of pyridine rings is 1. The Balaban J connectivity index is 1.97. The summed E-state index contributed by atoms with van der Waals surface area (Å²) in [6, 6.07) is 3.97. The van der Waals surface area contributed by atoms with E-state index >= 15 is 0 Å². The van der Waals surface area contributed by atoms with E-state index in [1.54, 1.807) is 17.5 Å². The highest BCUT2D eigenvalue weighted by Crippen LogP contribution is 2.20. The maximum atomic E-state index is 4.59. The van der Waals surface area contributed by atoms with E-state index in [9.17, 15) is 0 Å². The highest BCUT2D eigenvalue weighted by atomic mass is 32.1. The summed E-state index contributed by atoms with van der Waals surface area (Å²) in [6.45, 7) is 6.29. The molecule has 0 atom stereocenters. The predicted molar refractivity (Wildman–Crippen MR) is 71.9 cm³/mol. The summed E-state index contributed by atoms with van der Waals surface area (Å²) in [7, 11) is 0. The Morgan fingerprint density at radius 1 is 1.41 bits per heavy atom. The van der Waals surface area contributed by atoms with Gasteiger partial charge in [0.15, 0.2) is 0 Å². The zero-order valence-electron chi connectivity index (χ0n) is 10.2. The maximum Gasteiger partial charge on any atom is 0.107 e. The van der Waals surface area contributed by atoms with Crippen LogP contribution >= 0.6 is 11.3 Å². The molecule has 4 heteroatoms. The van der Waals surface area contributed by atoms with Gasteiger partial charge in [-0.1, -0.05) is 13.8 Å². The molecule has 3 nitrogen and oxygen atoms in total. The maximum absolute atomic E-state index is 4.59. The van der Waals surface area contributed by atoms with Gasteiger partial charge in [-0.2, -0.15) is 0 Å². The number of nitrogens with zero attached hydrogens (tertiary/aromatic N) is 2. The first-order valence-corrected chi connectivity index (χ1v) is 6.69. The third-order valence-electron chi connectivity index (χ3n) is 2.34. The summed E-state index contributed by atoms with van der Waals surface area (Å²) in [4.78, 5) is 8.70. The Bertz CT molecular complexity index is 451. The zero-order chi connectivity index (χ0) is 12.1. The fraction of sp³-hybridized carbons (Fsp3) is 0.385. The van der Waals surface area contributed by atoms with Crippen molar-refractivity contribution in [2.24, 2.45) is 5.92 Å². The standard InChI is InChI=1S/C13H17N3S/c1-10(2)6-15-8-13-16-12(9-17-13)11-4-3-5-14-7-11/h3-5,7,9-10,15H,6,8H2,1-2H3. The molecule has 0 amide bonds. The molecule has 2 aromatic rings. The molecule has 17 heavy (non-hydrogen) atoms. The minimum atomic E-state index is 0.674. The Labute approximate surface area is 106 Å². The van der Waals surface area contributed by atoms with Crippen molar-refractivity contribution in [3.63, 3.8) is 0 Å².